The Morgan fingerprint density at radius 3 is 2.78 bits per heavy atom. The van der Waals surface area contributed by atoms with Crippen LogP contribution >= 0.6 is 0 Å². The Labute approximate surface area is 108 Å². The minimum atomic E-state index is -0.583. The molecule has 0 fully saturated rings. The fourth-order valence-electron chi connectivity index (χ4n) is 1.91. The minimum absolute atomic E-state index is 0.273. The number of rotatable bonds is 5. The molecular formula is C13H19N3O2. The van der Waals surface area contributed by atoms with Crippen LogP contribution in [0.2, 0.25) is 0 Å². The highest BCUT2D eigenvalue weighted by atomic mass is 16.5. The van der Waals surface area contributed by atoms with Gasteiger partial charge in [-0.2, -0.15) is 5.26 Å². The van der Waals surface area contributed by atoms with Crippen molar-refractivity contribution in [1.82, 2.24) is 4.98 Å². The maximum absolute atomic E-state index is 9.72. The fourth-order valence-corrected chi connectivity index (χ4v) is 1.91. The van der Waals surface area contributed by atoms with E-state index >= 15 is 0 Å². The number of aromatic nitrogens is 1. The fraction of sp³-hybridized carbons (Fsp3) is 0.538. The van der Waals surface area contributed by atoms with Gasteiger partial charge in [0.05, 0.1) is 29.7 Å². The number of aliphatic hydroxyl groups is 1. The summed E-state index contributed by atoms with van der Waals surface area (Å²) >= 11 is 0. The van der Waals surface area contributed by atoms with Crippen molar-refractivity contribution in [3.63, 3.8) is 0 Å². The maximum atomic E-state index is 9.72. The van der Waals surface area contributed by atoms with E-state index in [9.17, 15) is 10.4 Å². The van der Waals surface area contributed by atoms with Gasteiger partial charge in [0.2, 0.25) is 0 Å². The zero-order chi connectivity index (χ0) is 13.7. The number of nitrogens with zero attached hydrogens (tertiary/aromatic N) is 3. The molecule has 0 aliphatic heterocycles. The van der Waals surface area contributed by atoms with Crippen molar-refractivity contribution in [3.8, 4) is 6.07 Å². The van der Waals surface area contributed by atoms with Gasteiger partial charge >= 0.3 is 0 Å². The molecule has 1 atom stereocenters. The minimum Gasteiger partial charge on any atom is -0.389 e. The number of likely N-dealkylation sites (N-methyl/N-ethyl adjacent to an activating group) is 1. The molecular weight excluding hydrogens is 230 g/mol. The third-order valence-electron chi connectivity index (χ3n) is 2.67. The number of anilines is 1. The van der Waals surface area contributed by atoms with Crippen LogP contribution in [0.1, 0.15) is 17.0 Å². The SMILES string of the molecule is COCC(O)CN(C)c1cc(C)nc(C)c1C#N. The molecule has 0 radical (unpaired) electrons. The predicted octanol–water partition coefficient (Wildman–Crippen LogP) is 1.01. The molecule has 0 aromatic carbocycles. The van der Waals surface area contributed by atoms with Crippen LogP contribution in [0.3, 0.4) is 0 Å². The van der Waals surface area contributed by atoms with Crippen molar-refractivity contribution >= 4 is 5.69 Å². The Kier molecular flexibility index (Phi) is 5.08. The van der Waals surface area contributed by atoms with E-state index in [0.717, 1.165) is 11.4 Å². The third kappa shape index (κ3) is 3.42. The second-order valence-electron chi connectivity index (χ2n) is 4.34. The van der Waals surface area contributed by atoms with E-state index in [0.29, 0.717) is 17.8 Å². The Morgan fingerprint density at radius 1 is 1.56 bits per heavy atom. The number of pyridine rings is 1. The lowest BCUT2D eigenvalue weighted by Gasteiger charge is -2.24. The number of hydrogen-bond donors (Lipinski definition) is 1. The van der Waals surface area contributed by atoms with E-state index in [2.05, 4.69) is 11.1 Å². The van der Waals surface area contributed by atoms with Gasteiger partial charge in [0.1, 0.15) is 6.07 Å². The molecule has 1 heterocycles. The number of ether oxygens (including phenoxy) is 1. The lowest BCUT2D eigenvalue weighted by atomic mass is 10.1. The summed E-state index contributed by atoms with van der Waals surface area (Å²) in [5, 5.41) is 18.9. The summed E-state index contributed by atoms with van der Waals surface area (Å²) in [6.45, 7) is 4.38. The van der Waals surface area contributed by atoms with Crippen LogP contribution in [0.15, 0.2) is 6.07 Å². The van der Waals surface area contributed by atoms with Crippen LogP contribution in [-0.4, -0.2) is 43.5 Å². The van der Waals surface area contributed by atoms with Crippen LogP contribution in [0, 0.1) is 25.2 Å². The number of hydrogen-bond acceptors (Lipinski definition) is 5. The molecule has 98 valence electrons. The van der Waals surface area contributed by atoms with Crippen molar-refractivity contribution in [1.29, 1.82) is 5.26 Å². The lowest BCUT2D eigenvalue weighted by molar-refractivity contribution is 0.0695. The van der Waals surface area contributed by atoms with Gasteiger partial charge in [0, 0.05) is 26.4 Å². The molecule has 1 rings (SSSR count). The Bertz CT molecular complexity index is 454. The highest BCUT2D eigenvalue weighted by Gasteiger charge is 2.14. The maximum Gasteiger partial charge on any atom is 0.103 e. The summed E-state index contributed by atoms with van der Waals surface area (Å²) in [5.74, 6) is 0. The van der Waals surface area contributed by atoms with Crippen LogP contribution < -0.4 is 4.90 Å². The molecule has 18 heavy (non-hydrogen) atoms. The van der Waals surface area contributed by atoms with Crippen molar-refractivity contribution in [2.24, 2.45) is 0 Å². The normalized spacial score (nSPS) is 12.0. The summed E-state index contributed by atoms with van der Waals surface area (Å²) in [5.41, 5.74) is 2.90. The summed E-state index contributed by atoms with van der Waals surface area (Å²) in [7, 11) is 3.39. The Hall–Kier alpha value is -1.64. The van der Waals surface area contributed by atoms with Crippen molar-refractivity contribution < 1.29 is 9.84 Å². The molecule has 1 aromatic rings. The van der Waals surface area contributed by atoms with E-state index in [1.54, 1.807) is 7.11 Å². The Morgan fingerprint density at radius 2 is 2.22 bits per heavy atom. The molecule has 0 aliphatic rings. The number of aryl methyl sites for hydroxylation is 2. The van der Waals surface area contributed by atoms with E-state index in [1.807, 2.05) is 31.9 Å². The van der Waals surface area contributed by atoms with Gasteiger partial charge in [-0.1, -0.05) is 0 Å². The van der Waals surface area contributed by atoms with E-state index in [1.165, 1.54) is 0 Å². The van der Waals surface area contributed by atoms with Crippen LogP contribution in [0.25, 0.3) is 0 Å². The van der Waals surface area contributed by atoms with Gasteiger partial charge in [-0.3, -0.25) is 4.98 Å². The second kappa shape index (κ2) is 6.34. The highest BCUT2D eigenvalue weighted by Crippen LogP contribution is 2.22. The summed E-state index contributed by atoms with van der Waals surface area (Å²) < 4.78 is 4.89. The van der Waals surface area contributed by atoms with Crippen molar-refractivity contribution in [3.05, 3.63) is 23.0 Å². The first-order chi connectivity index (χ1) is 8.49. The number of aliphatic hydroxyl groups excluding tert-OH is 1. The quantitative estimate of drug-likeness (QED) is 0.843. The average Bonchev–Trinajstić information content (AvgIpc) is 2.28. The van der Waals surface area contributed by atoms with Gasteiger partial charge in [-0.25, -0.2) is 0 Å². The zero-order valence-electron chi connectivity index (χ0n) is 11.3. The predicted molar refractivity (Wildman–Crippen MR) is 69.6 cm³/mol. The summed E-state index contributed by atoms with van der Waals surface area (Å²) in [6, 6.07) is 4.01. The van der Waals surface area contributed by atoms with Gasteiger partial charge in [0.15, 0.2) is 0 Å². The van der Waals surface area contributed by atoms with Crippen molar-refractivity contribution in [2.45, 2.75) is 20.0 Å². The zero-order valence-corrected chi connectivity index (χ0v) is 11.3. The lowest BCUT2D eigenvalue weighted by Crippen LogP contribution is -2.32. The number of methoxy groups -OCH3 is 1. The smallest absolute Gasteiger partial charge is 0.103 e. The highest BCUT2D eigenvalue weighted by molar-refractivity contribution is 5.61. The average molecular weight is 249 g/mol. The van der Waals surface area contributed by atoms with Crippen molar-refractivity contribution in [2.75, 3.05) is 32.2 Å². The number of nitriles is 1. The first-order valence-corrected chi connectivity index (χ1v) is 5.76. The molecule has 1 N–H and O–H groups in total. The molecule has 0 spiro atoms. The Balaban J connectivity index is 2.98. The van der Waals surface area contributed by atoms with Crippen LogP contribution in [0.5, 0.6) is 0 Å². The largest absolute Gasteiger partial charge is 0.389 e. The first kappa shape index (κ1) is 14.4. The molecule has 1 aromatic heterocycles. The monoisotopic (exact) mass is 249 g/mol. The topological polar surface area (TPSA) is 69.4 Å². The molecule has 0 saturated carbocycles. The van der Waals surface area contributed by atoms with Crippen LogP contribution in [-0.2, 0) is 4.74 Å². The molecule has 5 nitrogen and oxygen atoms in total. The van der Waals surface area contributed by atoms with Crippen LogP contribution in [0.4, 0.5) is 5.69 Å². The van der Waals surface area contributed by atoms with E-state index < -0.39 is 6.10 Å². The van der Waals surface area contributed by atoms with Gasteiger partial charge in [-0.15, -0.1) is 0 Å². The molecule has 0 amide bonds. The molecule has 0 saturated heterocycles. The van der Waals surface area contributed by atoms with Gasteiger partial charge in [0.25, 0.3) is 0 Å². The van der Waals surface area contributed by atoms with E-state index in [-0.39, 0.29) is 6.61 Å². The molecule has 0 aliphatic carbocycles. The van der Waals surface area contributed by atoms with Gasteiger partial charge in [-0.05, 0) is 19.9 Å². The molecule has 1 unspecified atom stereocenters. The third-order valence-corrected chi connectivity index (χ3v) is 2.67. The van der Waals surface area contributed by atoms with E-state index in [4.69, 9.17) is 4.74 Å². The standard InChI is InChI=1S/C13H19N3O2/c1-9-5-13(12(6-14)10(2)15-9)16(3)7-11(17)8-18-4/h5,11,17H,7-8H2,1-4H3. The van der Waals surface area contributed by atoms with Gasteiger partial charge < -0.3 is 14.7 Å². The molecule has 0 bridgehead atoms. The molecule has 5 heteroatoms. The summed E-state index contributed by atoms with van der Waals surface area (Å²) in [4.78, 5) is 6.12. The second-order valence-corrected chi connectivity index (χ2v) is 4.34. The first-order valence-electron chi connectivity index (χ1n) is 5.76. The summed E-state index contributed by atoms with van der Waals surface area (Å²) in [6.07, 6.45) is -0.583.